The summed E-state index contributed by atoms with van der Waals surface area (Å²) in [6, 6.07) is 0. The Kier molecular flexibility index (Phi) is 32.4. The molecular formula is C45H101N17O16S5. The number of nitrogens with one attached hydrogen (secondary N) is 4. The summed E-state index contributed by atoms with van der Waals surface area (Å²) in [5.74, 6) is 1.84. The monoisotopic (exact) mass is 1300 g/mol. The van der Waals surface area contributed by atoms with Crippen molar-refractivity contribution in [3.8, 4) is 0 Å². The molecule has 4 unspecified atom stereocenters. The molecule has 0 aliphatic carbocycles. The molecule has 0 aromatic carbocycles. The smallest absolute Gasteiger partial charge is 0.422 e. The van der Waals surface area contributed by atoms with Crippen LogP contribution in [-0.4, -0.2) is 217 Å². The Morgan fingerprint density at radius 2 is 0.735 bits per heavy atom. The van der Waals surface area contributed by atoms with Crippen molar-refractivity contribution >= 4 is 69.3 Å². The van der Waals surface area contributed by atoms with Gasteiger partial charge in [0.05, 0.1) is 0 Å². The van der Waals surface area contributed by atoms with Gasteiger partial charge in [-0.15, -0.1) is 0 Å². The molecule has 0 saturated carbocycles. The highest BCUT2D eigenvalue weighted by molar-refractivity contribution is 7.88. The fourth-order valence-electron chi connectivity index (χ4n) is 8.34. The van der Waals surface area contributed by atoms with Crippen LogP contribution in [0.4, 0.5) is 14.4 Å². The first-order valence-corrected chi connectivity index (χ1v) is 34.8. The van der Waals surface area contributed by atoms with Crippen molar-refractivity contribution in [3.05, 3.63) is 0 Å². The molecule has 6 heterocycles. The van der Waals surface area contributed by atoms with Gasteiger partial charge in [-0.3, -0.25) is 0 Å². The number of nitrogens with two attached hydrogens (primary N) is 8. The van der Waals surface area contributed by atoms with Crippen molar-refractivity contribution in [2.24, 2.45) is 79.0 Å². The predicted molar refractivity (Wildman–Crippen MR) is 315 cm³/mol. The average Bonchev–Trinajstić information content (AvgIpc) is 4.17. The summed E-state index contributed by atoms with van der Waals surface area (Å²) in [6.07, 6.45) is 3.15. The summed E-state index contributed by atoms with van der Waals surface area (Å²) in [5.41, 5.74) is 19.7. The van der Waals surface area contributed by atoms with Crippen LogP contribution >= 0.6 is 0 Å². The van der Waals surface area contributed by atoms with Crippen LogP contribution in [-0.2, 0) is 65.3 Å². The van der Waals surface area contributed by atoms with E-state index in [1.165, 1.54) is 21.5 Å². The van der Waals surface area contributed by atoms with Gasteiger partial charge < -0.3 is 53.1 Å². The molecule has 6 saturated heterocycles. The lowest BCUT2D eigenvalue weighted by molar-refractivity contribution is 0.0509. The topological polar surface area (TPSA) is 522 Å². The summed E-state index contributed by atoms with van der Waals surface area (Å²) in [4.78, 5) is 34.5. The minimum Gasteiger partial charge on any atom is -0.444 e. The van der Waals surface area contributed by atoms with Gasteiger partial charge in [0, 0.05) is 78.5 Å². The third kappa shape index (κ3) is 34.2. The van der Waals surface area contributed by atoms with Gasteiger partial charge in [0.2, 0.25) is 0 Å². The van der Waals surface area contributed by atoms with Crippen LogP contribution in [0.3, 0.4) is 0 Å². The summed E-state index contributed by atoms with van der Waals surface area (Å²) in [7, 11) is -17.8. The maximum Gasteiger partial charge on any atom is 0.422 e. The van der Waals surface area contributed by atoms with Crippen LogP contribution < -0.4 is 64.2 Å². The zero-order chi connectivity index (χ0) is 64.0. The molecule has 6 aliphatic heterocycles. The second-order valence-corrected chi connectivity index (χ2v) is 31.8. The quantitative estimate of drug-likeness (QED) is 0.0755. The van der Waals surface area contributed by atoms with E-state index in [4.69, 9.17) is 57.7 Å². The SMILES string of the molecule is CC(C)(C)OC(=O)NCC1CCN(S(=O)(=O)NC(=O)OC(C)(C)C)C1.CC(C)(C)OC(=O)NCC1CCNC1.NCC1CCN(S(N)(=O)=O)C1.NCC1CCN(S(N)(=O)=O)C1.NCC1CCN(S(N)(=O)=O)CC1.NCC1CN(S(N)(=O)=O)C1. The zero-order valence-corrected chi connectivity index (χ0v) is 53.9. The summed E-state index contributed by atoms with van der Waals surface area (Å²) >= 11 is 0. The van der Waals surface area contributed by atoms with Crippen molar-refractivity contribution in [2.45, 2.75) is 118 Å². The Morgan fingerprint density at radius 1 is 0.422 bits per heavy atom. The Bertz CT molecular complexity index is 2500. The number of hydrogen-bond donors (Lipinski definition) is 12. The van der Waals surface area contributed by atoms with Gasteiger partial charge in [-0.05, 0) is 176 Å². The van der Waals surface area contributed by atoms with E-state index in [2.05, 4.69) is 16.0 Å². The fourth-order valence-corrected chi connectivity index (χ4v) is 12.6. The summed E-state index contributed by atoms with van der Waals surface area (Å²) in [6.45, 7) is 25.6. The number of amides is 3. The number of nitrogens with zero attached hydrogens (tertiary/aromatic N) is 5. The van der Waals surface area contributed by atoms with Crippen molar-refractivity contribution in [1.82, 2.24) is 42.2 Å². The zero-order valence-electron chi connectivity index (χ0n) is 49.9. The van der Waals surface area contributed by atoms with E-state index in [0.717, 1.165) is 45.2 Å². The molecule has 3 amide bonds. The lowest BCUT2D eigenvalue weighted by atomic mass is 9.99. The Morgan fingerprint density at radius 3 is 1.06 bits per heavy atom. The van der Waals surface area contributed by atoms with Crippen LogP contribution in [0.1, 0.15) is 101 Å². The lowest BCUT2D eigenvalue weighted by Crippen LogP contribution is -2.54. The largest absolute Gasteiger partial charge is 0.444 e. The number of carbonyl (C=O) groups is 3. The van der Waals surface area contributed by atoms with E-state index in [0.29, 0.717) is 116 Å². The number of rotatable bonds is 14. The van der Waals surface area contributed by atoms with Crippen molar-refractivity contribution in [3.63, 3.8) is 0 Å². The molecule has 492 valence electrons. The molecule has 6 aliphatic rings. The first-order chi connectivity index (χ1) is 37.8. The highest BCUT2D eigenvalue weighted by Crippen LogP contribution is 2.21. The first-order valence-electron chi connectivity index (χ1n) is 27.4. The highest BCUT2D eigenvalue weighted by Gasteiger charge is 2.35. The number of piperidine rings is 1. The number of alkyl carbamates (subject to hydrolysis) is 2. The van der Waals surface area contributed by atoms with Crippen molar-refractivity contribution in [2.75, 3.05) is 118 Å². The van der Waals surface area contributed by atoms with Gasteiger partial charge in [-0.25, -0.2) is 39.7 Å². The van der Waals surface area contributed by atoms with Gasteiger partial charge >= 0.3 is 28.5 Å². The Balaban J connectivity index is 0.000000517. The maximum absolute atomic E-state index is 12.2. The Hall–Kier alpha value is -3.00. The van der Waals surface area contributed by atoms with E-state index in [1.54, 1.807) is 41.5 Å². The van der Waals surface area contributed by atoms with E-state index in [1.807, 2.05) is 25.5 Å². The van der Waals surface area contributed by atoms with Gasteiger partial charge in [0.15, 0.2) is 0 Å². The van der Waals surface area contributed by atoms with Gasteiger partial charge in [-0.2, -0.15) is 63.6 Å². The first kappa shape index (κ1) is 78.0. The minimum atomic E-state index is -3.97. The third-order valence-electron chi connectivity index (χ3n) is 13.0. The normalized spacial score (nSPS) is 22.9. The molecule has 6 fully saturated rings. The van der Waals surface area contributed by atoms with Gasteiger partial charge in [-0.1, -0.05) is 0 Å². The second-order valence-electron chi connectivity index (χ2n) is 23.9. The van der Waals surface area contributed by atoms with Crippen LogP contribution in [0.5, 0.6) is 0 Å². The van der Waals surface area contributed by atoms with Crippen molar-refractivity contribution in [1.29, 1.82) is 0 Å². The molecule has 38 heteroatoms. The summed E-state index contributed by atoms with van der Waals surface area (Å²) in [5, 5.41) is 28.3. The molecule has 0 spiro atoms. The molecule has 0 aromatic heterocycles. The van der Waals surface area contributed by atoms with Crippen molar-refractivity contribution < 1.29 is 70.7 Å². The fraction of sp³-hybridized carbons (Fsp3) is 0.933. The standard InChI is InChI=1S/C15H29N3O6S.C10H20N2O2.C6H15N3O2S.2C5H13N3O2S.C4H11N3O2S/c1-14(2,3)23-12(19)16-9-11-7-8-18(10-11)25(21,22)17-13(20)24-15(4,5)6;1-10(2,3)14-9(13)12-7-8-4-5-11-6-8;7-5-6-1-3-9(4-2-6)12(8,10)11;2*6-3-5-1-2-8(4-5)11(7,9)10;5-1-4-2-7(3-4)10(6,8)9/h11H,7-10H2,1-6H3,(H,16,19)(H,17,20);8,11H,4-7H2,1-3H3,(H,12,13);6H,1-5,7H2,(H2,8,10,11);2*5H,1-4,6H2,(H2,7,9,10);4H,1-3,5H2,(H2,6,8,9). The minimum absolute atomic E-state index is 0.0530. The van der Waals surface area contributed by atoms with Crippen LogP contribution in [0.25, 0.3) is 0 Å². The summed E-state index contributed by atoms with van der Waals surface area (Å²) < 4.78 is 134. The third-order valence-corrected chi connectivity index (χ3v) is 18.6. The highest BCUT2D eigenvalue weighted by atomic mass is 32.2. The molecule has 0 bridgehead atoms. The number of hydrogen-bond acceptors (Lipinski definition) is 21. The molecule has 4 atom stereocenters. The molecule has 6 rings (SSSR count). The van der Waals surface area contributed by atoms with E-state index in [9.17, 15) is 56.5 Å². The maximum atomic E-state index is 12.2. The number of carbonyl (C=O) groups excluding carboxylic acids is 3. The molecule has 33 nitrogen and oxygen atoms in total. The van der Waals surface area contributed by atoms with Crippen LogP contribution in [0.2, 0.25) is 0 Å². The average molecular weight is 1300 g/mol. The second kappa shape index (κ2) is 34.5. The Labute approximate surface area is 494 Å². The van der Waals surface area contributed by atoms with Crippen LogP contribution in [0, 0.1) is 35.5 Å². The lowest BCUT2D eigenvalue weighted by Gasteiger charge is -2.35. The molecule has 20 N–H and O–H groups in total. The number of ether oxygens (including phenoxy) is 3. The van der Waals surface area contributed by atoms with E-state index in [-0.39, 0.29) is 36.9 Å². The molecule has 0 radical (unpaired) electrons. The molecule has 0 aromatic rings. The molecule has 83 heavy (non-hydrogen) atoms. The van der Waals surface area contributed by atoms with Gasteiger partial charge in [0.1, 0.15) is 16.8 Å². The van der Waals surface area contributed by atoms with Gasteiger partial charge in [0.25, 0.3) is 40.8 Å². The van der Waals surface area contributed by atoms with E-state index < -0.39 is 80.0 Å². The molecular weight excluding hydrogens is 1190 g/mol. The predicted octanol–water partition coefficient (Wildman–Crippen LogP) is -3.39. The van der Waals surface area contributed by atoms with Crippen LogP contribution in [0.15, 0.2) is 0 Å². The van der Waals surface area contributed by atoms with E-state index >= 15 is 0 Å².